The monoisotopic (exact) mass is 411 g/mol. The molecule has 1 fully saturated rings. The largest absolute Gasteiger partial charge is 0.371 e. The molecule has 31 heavy (non-hydrogen) atoms. The second-order valence-corrected chi connectivity index (χ2v) is 7.94. The molecule has 0 aromatic heterocycles. The number of fused-ring (bicyclic) bond motifs is 1. The molecule has 0 radical (unpaired) electrons. The summed E-state index contributed by atoms with van der Waals surface area (Å²) in [5.74, 6) is -2.69. The summed E-state index contributed by atoms with van der Waals surface area (Å²) in [5, 5.41) is 2.78. The van der Waals surface area contributed by atoms with E-state index in [0.29, 0.717) is 26.5 Å². The van der Waals surface area contributed by atoms with Crippen LogP contribution in [0.4, 0.5) is 5.69 Å². The molecule has 0 bridgehead atoms. The summed E-state index contributed by atoms with van der Waals surface area (Å²) >= 11 is 0. The van der Waals surface area contributed by atoms with Crippen molar-refractivity contribution in [3.05, 3.63) is 76.9 Å². The Bertz CT molecular complexity index is 1280. The first-order valence-electron chi connectivity index (χ1n) is 10.2. The van der Waals surface area contributed by atoms with E-state index < -0.39 is 23.6 Å². The highest BCUT2D eigenvalue weighted by molar-refractivity contribution is 6.30. The lowest BCUT2D eigenvalue weighted by molar-refractivity contribution is 0.00523. The first kappa shape index (κ1) is 17.8. The van der Waals surface area contributed by atoms with E-state index in [0.717, 1.165) is 37.0 Å². The zero-order valence-electron chi connectivity index (χ0n) is 16.5. The Kier molecular flexibility index (Phi) is 3.59. The van der Waals surface area contributed by atoms with E-state index in [1.807, 2.05) is 12.1 Å². The molecule has 0 saturated carbocycles. The van der Waals surface area contributed by atoms with Gasteiger partial charge >= 0.3 is 0 Å². The number of rotatable bonds is 2. The number of nitrogens with zero attached hydrogens (tertiary/aromatic N) is 3. The molecule has 0 aliphatic carbocycles. The maximum absolute atomic E-state index is 13.4. The fourth-order valence-corrected chi connectivity index (χ4v) is 4.84. The van der Waals surface area contributed by atoms with E-state index in [2.05, 4.69) is 4.90 Å². The Hall–Kier alpha value is -4.00. The number of amides is 4. The van der Waals surface area contributed by atoms with Crippen molar-refractivity contribution >= 4 is 40.1 Å². The van der Waals surface area contributed by atoms with E-state index >= 15 is 0 Å². The fourth-order valence-electron chi connectivity index (χ4n) is 4.84. The van der Waals surface area contributed by atoms with Crippen LogP contribution in [0.3, 0.4) is 0 Å². The fraction of sp³-hybridized carbons (Fsp3) is 0.167. The van der Waals surface area contributed by atoms with Gasteiger partial charge in [-0.2, -0.15) is 10.0 Å². The van der Waals surface area contributed by atoms with Crippen LogP contribution in [-0.2, 0) is 0 Å². The highest BCUT2D eigenvalue weighted by Gasteiger charge is 2.47. The molecule has 0 unspecified atom stereocenters. The van der Waals surface area contributed by atoms with E-state index in [4.69, 9.17) is 0 Å². The molecule has 3 aromatic rings. The number of carbonyl (C=O) groups excluding carboxylic acids is 4. The van der Waals surface area contributed by atoms with Crippen LogP contribution in [0.25, 0.3) is 10.8 Å². The Morgan fingerprint density at radius 2 is 1.06 bits per heavy atom. The smallest absolute Gasteiger partial charge is 0.281 e. The van der Waals surface area contributed by atoms with Crippen molar-refractivity contribution in [3.63, 3.8) is 0 Å². The number of anilines is 1. The van der Waals surface area contributed by atoms with Gasteiger partial charge in [-0.05, 0) is 43.2 Å². The Morgan fingerprint density at radius 1 is 0.548 bits per heavy atom. The molecular weight excluding hydrogens is 394 g/mol. The van der Waals surface area contributed by atoms with Gasteiger partial charge in [0, 0.05) is 29.5 Å². The summed E-state index contributed by atoms with van der Waals surface area (Å²) in [6, 6.07) is 15.2. The Labute approximate surface area is 177 Å². The predicted octanol–water partition coefficient (Wildman–Crippen LogP) is 3.25. The highest BCUT2D eigenvalue weighted by atomic mass is 16.2. The molecule has 0 N–H and O–H groups in total. The molecule has 3 aliphatic rings. The minimum atomic E-state index is -0.674. The van der Waals surface area contributed by atoms with Gasteiger partial charge < -0.3 is 4.90 Å². The van der Waals surface area contributed by atoms with Crippen LogP contribution in [0, 0.1) is 0 Å². The third-order valence-corrected chi connectivity index (χ3v) is 6.28. The second kappa shape index (κ2) is 6.25. The van der Waals surface area contributed by atoms with E-state index in [9.17, 15) is 19.2 Å². The lowest BCUT2D eigenvalue weighted by Crippen LogP contribution is -2.54. The lowest BCUT2D eigenvalue weighted by Gasteiger charge is -2.32. The van der Waals surface area contributed by atoms with Gasteiger partial charge in [-0.25, -0.2) is 0 Å². The molecule has 1 saturated heterocycles. The van der Waals surface area contributed by atoms with Crippen molar-refractivity contribution in [1.29, 1.82) is 0 Å². The van der Waals surface area contributed by atoms with Gasteiger partial charge in [-0.3, -0.25) is 19.2 Å². The van der Waals surface area contributed by atoms with Crippen LogP contribution in [0.15, 0.2) is 54.6 Å². The lowest BCUT2D eigenvalue weighted by atomic mass is 9.93. The Balaban J connectivity index is 1.51. The molecule has 4 amide bonds. The molecular formula is C24H17N3O4. The van der Waals surface area contributed by atoms with Gasteiger partial charge in [0.15, 0.2) is 0 Å². The van der Waals surface area contributed by atoms with E-state index in [1.54, 1.807) is 30.3 Å². The third kappa shape index (κ3) is 2.28. The summed E-state index contributed by atoms with van der Waals surface area (Å²) in [6.45, 7) is 1.86. The van der Waals surface area contributed by atoms with Crippen LogP contribution >= 0.6 is 0 Å². The van der Waals surface area contributed by atoms with Gasteiger partial charge in [-0.15, -0.1) is 0 Å². The summed E-state index contributed by atoms with van der Waals surface area (Å²) in [5.41, 5.74) is 1.98. The van der Waals surface area contributed by atoms with Gasteiger partial charge in [0.05, 0.1) is 22.3 Å². The zero-order valence-corrected chi connectivity index (χ0v) is 16.5. The summed E-state index contributed by atoms with van der Waals surface area (Å²) < 4.78 is 0. The van der Waals surface area contributed by atoms with Crippen molar-refractivity contribution < 1.29 is 19.2 Å². The minimum absolute atomic E-state index is 0.182. The zero-order chi connectivity index (χ0) is 21.3. The van der Waals surface area contributed by atoms with E-state index in [-0.39, 0.29) is 11.1 Å². The molecule has 152 valence electrons. The molecule has 0 atom stereocenters. The van der Waals surface area contributed by atoms with Crippen LogP contribution < -0.4 is 4.90 Å². The summed E-state index contributed by atoms with van der Waals surface area (Å²) in [4.78, 5) is 55.0. The van der Waals surface area contributed by atoms with Crippen molar-refractivity contribution in [1.82, 2.24) is 10.0 Å². The molecule has 0 spiro atoms. The quantitative estimate of drug-likeness (QED) is 0.605. The molecule has 6 rings (SSSR count). The van der Waals surface area contributed by atoms with E-state index in [1.165, 1.54) is 12.1 Å². The van der Waals surface area contributed by atoms with Crippen LogP contribution in [0.2, 0.25) is 0 Å². The third-order valence-electron chi connectivity index (χ3n) is 6.28. The summed E-state index contributed by atoms with van der Waals surface area (Å²) in [7, 11) is 0. The SMILES string of the molecule is O=C1c2ccccc2C(=O)N1N1C(=O)c2cccc3c(N4CCCC4)ccc(c23)C1=O. The van der Waals surface area contributed by atoms with Crippen LogP contribution in [-0.4, -0.2) is 46.7 Å². The number of hydrogen-bond donors (Lipinski definition) is 0. The first-order valence-corrected chi connectivity index (χ1v) is 10.2. The number of imide groups is 2. The average molecular weight is 411 g/mol. The first-order chi connectivity index (χ1) is 15.1. The standard InChI is InChI=1S/C24H17N3O4/c28-21-14-6-1-2-7-15(14)22(29)26(21)27-23(30)17-9-5-8-16-19(25-12-3-4-13-25)11-10-18(20(16)17)24(27)31/h1-2,5-11H,3-4,12-13H2. The van der Waals surface area contributed by atoms with Gasteiger partial charge in [-0.1, -0.05) is 24.3 Å². The van der Waals surface area contributed by atoms with Crippen molar-refractivity contribution in [2.45, 2.75) is 12.8 Å². The number of benzene rings is 3. The summed E-state index contributed by atoms with van der Waals surface area (Å²) in [6.07, 6.45) is 2.21. The number of hydrazine groups is 1. The maximum Gasteiger partial charge on any atom is 0.281 e. The molecule has 3 aromatic carbocycles. The van der Waals surface area contributed by atoms with Crippen molar-refractivity contribution in [2.75, 3.05) is 18.0 Å². The topological polar surface area (TPSA) is 78.0 Å². The molecule has 7 heteroatoms. The van der Waals surface area contributed by atoms with Crippen LogP contribution in [0.5, 0.6) is 0 Å². The maximum atomic E-state index is 13.4. The molecule has 3 aliphatic heterocycles. The highest BCUT2D eigenvalue weighted by Crippen LogP contribution is 2.38. The molecule has 3 heterocycles. The van der Waals surface area contributed by atoms with Crippen molar-refractivity contribution in [3.8, 4) is 0 Å². The normalized spacial score (nSPS) is 17.9. The van der Waals surface area contributed by atoms with Gasteiger partial charge in [0.25, 0.3) is 23.6 Å². The van der Waals surface area contributed by atoms with Gasteiger partial charge in [0.2, 0.25) is 0 Å². The minimum Gasteiger partial charge on any atom is -0.371 e. The van der Waals surface area contributed by atoms with Gasteiger partial charge in [0.1, 0.15) is 0 Å². The molecule has 7 nitrogen and oxygen atoms in total. The average Bonchev–Trinajstić information content (AvgIpc) is 3.41. The Morgan fingerprint density at radius 3 is 1.68 bits per heavy atom. The van der Waals surface area contributed by atoms with Crippen molar-refractivity contribution in [2.24, 2.45) is 0 Å². The number of carbonyl (C=O) groups is 4. The second-order valence-electron chi connectivity index (χ2n) is 7.94. The van der Waals surface area contributed by atoms with Crippen LogP contribution in [0.1, 0.15) is 54.3 Å². The predicted molar refractivity (Wildman–Crippen MR) is 113 cm³/mol. The number of hydrogen-bond acceptors (Lipinski definition) is 5.